The van der Waals surface area contributed by atoms with Gasteiger partial charge < -0.3 is 24.8 Å². The molecule has 4 atom stereocenters. The van der Waals surface area contributed by atoms with Gasteiger partial charge in [0.15, 0.2) is 0 Å². The maximum absolute atomic E-state index is 9.77. The fourth-order valence-electron chi connectivity index (χ4n) is 2.73. The predicted octanol–water partition coefficient (Wildman–Crippen LogP) is 2.18. The Morgan fingerprint density at radius 1 is 0.957 bits per heavy atom. The van der Waals surface area contributed by atoms with Crippen molar-refractivity contribution in [3.8, 4) is 0 Å². The molecule has 0 amide bonds. The van der Waals surface area contributed by atoms with Crippen LogP contribution >= 0.6 is 0 Å². The molecule has 5 heteroatoms. The van der Waals surface area contributed by atoms with E-state index in [-0.39, 0.29) is 13.2 Å². The molecule has 23 heavy (non-hydrogen) atoms. The van der Waals surface area contributed by atoms with Crippen LogP contribution in [0.1, 0.15) is 58.3 Å². The van der Waals surface area contributed by atoms with Gasteiger partial charge >= 0.3 is 0 Å². The summed E-state index contributed by atoms with van der Waals surface area (Å²) in [5.41, 5.74) is 0. The fourth-order valence-corrected chi connectivity index (χ4v) is 2.73. The first-order chi connectivity index (χ1) is 11.2. The summed E-state index contributed by atoms with van der Waals surface area (Å²) >= 11 is 0. The van der Waals surface area contributed by atoms with E-state index in [4.69, 9.17) is 9.47 Å². The molecule has 1 aliphatic heterocycles. The van der Waals surface area contributed by atoms with Crippen LogP contribution in [0.25, 0.3) is 0 Å². The summed E-state index contributed by atoms with van der Waals surface area (Å²) < 4.78 is 10.8. The van der Waals surface area contributed by atoms with E-state index in [0.29, 0.717) is 6.61 Å². The molecule has 1 fully saturated rings. The highest BCUT2D eigenvalue weighted by molar-refractivity contribution is 4.86. The first kappa shape index (κ1) is 20.6. The van der Waals surface area contributed by atoms with Gasteiger partial charge in [-0.05, 0) is 26.2 Å². The lowest BCUT2D eigenvalue weighted by Crippen LogP contribution is -2.54. The predicted molar refractivity (Wildman–Crippen MR) is 90.3 cm³/mol. The highest BCUT2D eigenvalue weighted by atomic mass is 16.6. The quantitative estimate of drug-likeness (QED) is 0.377. The van der Waals surface area contributed by atoms with Gasteiger partial charge in [0.25, 0.3) is 0 Å². The Bertz CT molecular complexity index is 308. The van der Waals surface area contributed by atoms with Crippen LogP contribution in [0.3, 0.4) is 0 Å². The first-order valence-corrected chi connectivity index (χ1v) is 9.01. The third kappa shape index (κ3) is 8.82. The standard InChI is InChI=1S/C18H34O5/c1-2-3-4-5-6-7-8-9-10-11-12-22-14-16-18(21)17(20)15(19)13-23-16/h2-3,15-21H,4-14H2,1H3/b3-2+/t15-,16+,17+,18+/m1/s1. The minimum absolute atomic E-state index is 0.0420. The zero-order chi connectivity index (χ0) is 16.9. The van der Waals surface area contributed by atoms with E-state index in [1.54, 1.807) is 0 Å². The Morgan fingerprint density at radius 3 is 2.30 bits per heavy atom. The van der Waals surface area contributed by atoms with Crippen LogP contribution in [0.15, 0.2) is 12.2 Å². The maximum Gasteiger partial charge on any atom is 0.111 e. The normalized spacial score (nSPS) is 28.5. The Hall–Kier alpha value is -0.460. The lowest BCUT2D eigenvalue weighted by molar-refractivity contribution is -0.199. The molecule has 0 radical (unpaired) electrons. The molecule has 1 aliphatic rings. The van der Waals surface area contributed by atoms with Crippen molar-refractivity contribution >= 4 is 0 Å². The summed E-state index contributed by atoms with van der Waals surface area (Å²) in [5.74, 6) is 0. The number of hydrogen-bond acceptors (Lipinski definition) is 5. The van der Waals surface area contributed by atoms with Gasteiger partial charge in [-0.2, -0.15) is 0 Å². The van der Waals surface area contributed by atoms with Gasteiger partial charge in [0.1, 0.15) is 24.4 Å². The van der Waals surface area contributed by atoms with Crippen molar-refractivity contribution < 1.29 is 24.8 Å². The molecule has 0 aromatic heterocycles. The number of rotatable bonds is 12. The maximum atomic E-state index is 9.77. The molecule has 5 nitrogen and oxygen atoms in total. The molecule has 0 bridgehead atoms. The van der Waals surface area contributed by atoms with Crippen molar-refractivity contribution in [3.63, 3.8) is 0 Å². The minimum atomic E-state index is -1.15. The lowest BCUT2D eigenvalue weighted by atomic mass is 10.0. The zero-order valence-electron chi connectivity index (χ0n) is 14.4. The monoisotopic (exact) mass is 330 g/mol. The fraction of sp³-hybridized carbons (Fsp3) is 0.889. The number of aliphatic hydroxyl groups excluding tert-OH is 3. The molecule has 0 aromatic rings. The van der Waals surface area contributed by atoms with Crippen LogP contribution < -0.4 is 0 Å². The van der Waals surface area contributed by atoms with E-state index < -0.39 is 24.4 Å². The largest absolute Gasteiger partial charge is 0.388 e. The summed E-state index contributed by atoms with van der Waals surface area (Å²) in [5, 5.41) is 28.7. The topological polar surface area (TPSA) is 79.2 Å². The number of unbranched alkanes of at least 4 members (excludes halogenated alkanes) is 7. The average Bonchev–Trinajstić information content (AvgIpc) is 2.55. The molecule has 136 valence electrons. The van der Waals surface area contributed by atoms with E-state index in [1.165, 1.54) is 38.5 Å². The van der Waals surface area contributed by atoms with Crippen LogP contribution in [-0.4, -0.2) is 59.6 Å². The molecule has 0 saturated carbocycles. The van der Waals surface area contributed by atoms with Gasteiger partial charge in [-0.15, -0.1) is 0 Å². The third-order valence-corrected chi connectivity index (χ3v) is 4.28. The van der Waals surface area contributed by atoms with Gasteiger partial charge in [-0.3, -0.25) is 0 Å². The molecule has 0 aliphatic carbocycles. The van der Waals surface area contributed by atoms with Crippen LogP contribution in [0, 0.1) is 0 Å². The second kappa shape index (κ2) is 12.9. The summed E-state index contributed by atoms with van der Waals surface area (Å²) in [6.45, 7) is 3.01. The first-order valence-electron chi connectivity index (χ1n) is 9.01. The van der Waals surface area contributed by atoms with E-state index in [9.17, 15) is 15.3 Å². The summed E-state index contributed by atoms with van der Waals surface area (Å²) in [7, 11) is 0. The van der Waals surface area contributed by atoms with E-state index in [0.717, 1.165) is 12.8 Å². The Balaban J connectivity index is 1.88. The highest BCUT2D eigenvalue weighted by Gasteiger charge is 2.37. The van der Waals surface area contributed by atoms with Crippen molar-refractivity contribution in [1.82, 2.24) is 0 Å². The van der Waals surface area contributed by atoms with Gasteiger partial charge in [0, 0.05) is 6.61 Å². The Morgan fingerprint density at radius 2 is 1.61 bits per heavy atom. The van der Waals surface area contributed by atoms with E-state index in [1.807, 2.05) is 0 Å². The van der Waals surface area contributed by atoms with Gasteiger partial charge in [-0.1, -0.05) is 44.3 Å². The summed E-state index contributed by atoms with van der Waals surface area (Å²) in [4.78, 5) is 0. The third-order valence-electron chi connectivity index (χ3n) is 4.28. The van der Waals surface area contributed by atoms with Crippen molar-refractivity contribution in [1.29, 1.82) is 0 Å². The summed E-state index contributed by atoms with van der Waals surface area (Å²) in [6.07, 6.45) is 10.3. The van der Waals surface area contributed by atoms with Crippen molar-refractivity contribution in [2.45, 2.75) is 82.7 Å². The van der Waals surface area contributed by atoms with Crippen LogP contribution in [0.2, 0.25) is 0 Å². The average molecular weight is 330 g/mol. The summed E-state index contributed by atoms with van der Waals surface area (Å²) in [6, 6.07) is 0. The second-order valence-electron chi connectivity index (χ2n) is 6.33. The SMILES string of the molecule is C/C=C/CCCCCCCCCOC[C@@H]1OC[C@@H](O)[C@H](O)[C@H]1O. The highest BCUT2D eigenvalue weighted by Crippen LogP contribution is 2.16. The van der Waals surface area contributed by atoms with Crippen molar-refractivity contribution in [3.05, 3.63) is 12.2 Å². The number of ether oxygens (including phenoxy) is 2. The molecular weight excluding hydrogens is 296 g/mol. The molecule has 1 heterocycles. The van der Waals surface area contributed by atoms with Crippen molar-refractivity contribution in [2.75, 3.05) is 19.8 Å². The van der Waals surface area contributed by atoms with E-state index >= 15 is 0 Å². The molecule has 1 saturated heterocycles. The molecule has 0 aromatic carbocycles. The van der Waals surface area contributed by atoms with Gasteiger partial charge in [0.05, 0.1) is 13.2 Å². The second-order valence-corrected chi connectivity index (χ2v) is 6.33. The van der Waals surface area contributed by atoms with Crippen LogP contribution in [0.5, 0.6) is 0 Å². The molecule has 0 unspecified atom stereocenters. The van der Waals surface area contributed by atoms with E-state index in [2.05, 4.69) is 19.1 Å². The lowest BCUT2D eigenvalue weighted by Gasteiger charge is -2.35. The Labute approximate surface area is 140 Å². The number of aliphatic hydroxyl groups is 3. The molecular formula is C18H34O5. The van der Waals surface area contributed by atoms with Crippen LogP contribution in [0.4, 0.5) is 0 Å². The molecule has 0 spiro atoms. The van der Waals surface area contributed by atoms with Gasteiger partial charge in [0.2, 0.25) is 0 Å². The van der Waals surface area contributed by atoms with Crippen molar-refractivity contribution in [2.24, 2.45) is 0 Å². The minimum Gasteiger partial charge on any atom is -0.388 e. The smallest absolute Gasteiger partial charge is 0.111 e. The van der Waals surface area contributed by atoms with Gasteiger partial charge in [-0.25, -0.2) is 0 Å². The number of hydrogen-bond donors (Lipinski definition) is 3. The molecule has 1 rings (SSSR count). The number of allylic oxidation sites excluding steroid dienone is 2. The Kier molecular flexibility index (Phi) is 11.5. The molecule has 3 N–H and O–H groups in total. The zero-order valence-corrected chi connectivity index (χ0v) is 14.4. The van der Waals surface area contributed by atoms with Crippen LogP contribution in [-0.2, 0) is 9.47 Å².